The highest BCUT2D eigenvalue weighted by molar-refractivity contribution is 6.01. The van der Waals surface area contributed by atoms with Gasteiger partial charge in [0.25, 0.3) is 5.91 Å². The molecule has 0 spiro atoms. The van der Waals surface area contributed by atoms with Crippen LogP contribution in [-0.4, -0.2) is 28.5 Å². The van der Waals surface area contributed by atoms with Gasteiger partial charge < -0.3 is 9.47 Å². The lowest BCUT2D eigenvalue weighted by Crippen LogP contribution is -2.37. The first kappa shape index (κ1) is 13.2. The van der Waals surface area contributed by atoms with Gasteiger partial charge in [-0.3, -0.25) is 4.79 Å². The standard InChI is InChI=1S/C17H22N2O/c1-3-19-15-10-6-5-9-14(15)13(2)16(19)17(20)18-11-7-4-8-12-18/h5-6,9-10H,3-4,7-8,11-12H2,1-2H3. The Kier molecular flexibility index (Phi) is 3.51. The second kappa shape index (κ2) is 5.31. The maximum absolute atomic E-state index is 12.9. The molecule has 20 heavy (non-hydrogen) atoms. The fraction of sp³-hybridized carbons (Fsp3) is 0.471. The molecule has 1 fully saturated rings. The number of hydrogen-bond donors (Lipinski definition) is 0. The molecule has 0 saturated carbocycles. The number of piperidine rings is 1. The van der Waals surface area contributed by atoms with Gasteiger partial charge in [-0.2, -0.15) is 0 Å². The van der Waals surface area contributed by atoms with Crippen LogP contribution in [0, 0.1) is 6.92 Å². The smallest absolute Gasteiger partial charge is 0.270 e. The number of nitrogens with zero attached hydrogens (tertiary/aromatic N) is 2. The molecule has 0 radical (unpaired) electrons. The van der Waals surface area contributed by atoms with Gasteiger partial charge >= 0.3 is 0 Å². The molecule has 106 valence electrons. The van der Waals surface area contributed by atoms with Crippen molar-refractivity contribution in [2.24, 2.45) is 0 Å². The van der Waals surface area contributed by atoms with Crippen molar-refractivity contribution in [2.45, 2.75) is 39.7 Å². The van der Waals surface area contributed by atoms with Crippen LogP contribution in [0.25, 0.3) is 10.9 Å². The Hall–Kier alpha value is -1.77. The van der Waals surface area contributed by atoms with E-state index in [0.717, 1.165) is 43.7 Å². The Bertz CT molecular complexity index is 636. The maximum atomic E-state index is 12.9. The zero-order valence-corrected chi connectivity index (χ0v) is 12.4. The van der Waals surface area contributed by atoms with Crippen LogP contribution in [0.3, 0.4) is 0 Å². The predicted octanol–water partition coefficient (Wildman–Crippen LogP) is 3.60. The molecule has 0 aliphatic carbocycles. The molecule has 1 saturated heterocycles. The molecule has 2 heterocycles. The Labute approximate surface area is 120 Å². The highest BCUT2D eigenvalue weighted by Crippen LogP contribution is 2.27. The maximum Gasteiger partial charge on any atom is 0.270 e. The number of carbonyl (C=O) groups is 1. The molecular weight excluding hydrogens is 248 g/mol. The van der Waals surface area contributed by atoms with Crippen molar-refractivity contribution >= 4 is 16.8 Å². The number of carbonyl (C=O) groups excluding carboxylic acids is 1. The zero-order valence-electron chi connectivity index (χ0n) is 12.4. The number of likely N-dealkylation sites (tertiary alicyclic amines) is 1. The average Bonchev–Trinajstić information content (AvgIpc) is 2.80. The topological polar surface area (TPSA) is 25.2 Å². The number of amides is 1. The van der Waals surface area contributed by atoms with Crippen molar-refractivity contribution in [2.75, 3.05) is 13.1 Å². The molecule has 3 heteroatoms. The Morgan fingerprint density at radius 1 is 1.15 bits per heavy atom. The molecule has 3 nitrogen and oxygen atoms in total. The van der Waals surface area contributed by atoms with Gasteiger partial charge in [0.1, 0.15) is 5.69 Å². The number of fused-ring (bicyclic) bond motifs is 1. The van der Waals surface area contributed by atoms with Gasteiger partial charge in [-0.1, -0.05) is 18.2 Å². The first-order valence-electron chi connectivity index (χ1n) is 7.61. The zero-order chi connectivity index (χ0) is 14.1. The van der Waals surface area contributed by atoms with Gasteiger partial charge in [-0.15, -0.1) is 0 Å². The van der Waals surface area contributed by atoms with E-state index < -0.39 is 0 Å². The van der Waals surface area contributed by atoms with E-state index in [1.807, 2.05) is 17.0 Å². The monoisotopic (exact) mass is 270 g/mol. The summed E-state index contributed by atoms with van der Waals surface area (Å²) in [6.07, 6.45) is 3.52. The normalized spacial score (nSPS) is 15.8. The molecular formula is C17H22N2O. The third-order valence-electron chi connectivity index (χ3n) is 4.39. The SMILES string of the molecule is CCn1c(C(=O)N2CCCCC2)c(C)c2ccccc21. The third kappa shape index (κ3) is 2.01. The predicted molar refractivity (Wildman–Crippen MR) is 82.1 cm³/mol. The third-order valence-corrected chi connectivity index (χ3v) is 4.39. The molecule has 1 aromatic heterocycles. The number of aryl methyl sites for hydroxylation is 2. The summed E-state index contributed by atoms with van der Waals surface area (Å²) in [6, 6.07) is 8.32. The van der Waals surface area contributed by atoms with E-state index in [0.29, 0.717) is 0 Å². The minimum absolute atomic E-state index is 0.209. The number of aromatic nitrogens is 1. The van der Waals surface area contributed by atoms with E-state index in [2.05, 4.69) is 30.5 Å². The van der Waals surface area contributed by atoms with Crippen LogP contribution < -0.4 is 0 Å². The van der Waals surface area contributed by atoms with Crippen molar-refractivity contribution < 1.29 is 4.79 Å². The molecule has 1 aromatic carbocycles. The molecule has 1 aliphatic rings. The lowest BCUT2D eigenvalue weighted by atomic mass is 10.1. The molecule has 3 rings (SSSR count). The summed E-state index contributed by atoms with van der Waals surface area (Å²) in [5, 5.41) is 1.20. The van der Waals surface area contributed by atoms with Crippen LogP contribution in [0.15, 0.2) is 24.3 Å². The van der Waals surface area contributed by atoms with Crippen LogP contribution in [-0.2, 0) is 6.54 Å². The Morgan fingerprint density at radius 2 is 1.85 bits per heavy atom. The Morgan fingerprint density at radius 3 is 2.55 bits per heavy atom. The quantitative estimate of drug-likeness (QED) is 0.818. The van der Waals surface area contributed by atoms with Crippen LogP contribution in [0.1, 0.15) is 42.2 Å². The number of rotatable bonds is 2. The molecule has 0 atom stereocenters. The largest absolute Gasteiger partial charge is 0.337 e. The summed E-state index contributed by atoms with van der Waals surface area (Å²) >= 11 is 0. The number of para-hydroxylation sites is 1. The van der Waals surface area contributed by atoms with Crippen molar-refractivity contribution in [1.82, 2.24) is 9.47 Å². The fourth-order valence-electron chi connectivity index (χ4n) is 3.33. The fourth-order valence-corrected chi connectivity index (χ4v) is 3.33. The van der Waals surface area contributed by atoms with Gasteiger partial charge in [0.2, 0.25) is 0 Å². The summed E-state index contributed by atoms with van der Waals surface area (Å²) in [5.74, 6) is 0.209. The summed E-state index contributed by atoms with van der Waals surface area (Å²) < 4.78 is 2.17. The van der Waals surface area contributed by atoms with Gasteiger partial charge in [0, 0.05) is 30.5 Å². The van der Waals surface area contributed by atoms with E-state index in [-0.39, 0.29) is 5.91 Å². The molecule has 1 amide bonds. The first-order valence-corrected chi connectivity index (χ1v) is 7.61. The van der Waals surface area contributed by atoms with Gasteiger partial charge in [-0.05, 0) is 44.7 Å². The van der Waals surface area contributed by atoms with E-state index in [1.165, 1.54) is 17.3 Å². The molecule has 0 bridgehead atoms. The van der Waals surface area contributed by atoms with Gasteiger partial charge in [0.15, 0.2) is 0 Å². The van der Waals surface area contributed by atoms with Crippen LogP contribution in [0.4, 0.5) is 0 Å². The molecule has 0 unspecified atom stereocenters. The van der Waals surface area contributed by atoms with Gasteiger partial charge in [-0.25, -0.2) is 0 Å². The van der Waals surface area contributed by atoms with Crippen LogP contribution >= 0.6 is 0 Å². The second-order valence-corrected chi connectivity index (χ2v) is 5.59. The lowest BCUT2D eigenvalue weighted by Gasteiger charge is -2.27. The van der Waals surface area contributed by atoms with Crippen LogP contribution in [0.2, 0.25) is 0 Å². The first-order chi connectivity index (χ1) is 9.74. The molecule has 0 N–H and O–H groups in total. The number of benzene rings is 1. The average molecular weight is 270 g/mol. The minimum Gasteiger partial charge on any atom is -0.337 e. The second-order valence-electron chi connectivity index (χ2n) is 5.59. The Balaban J connectivity index is 2.10. The minimum atomic E-state index is 0.209. The van der Waals surface area contributed by atoms with Crippen molar-refractivity contribution in [1.29, 1.82) is 0 Å². The molecule has 2 aromatic rings. The van der Waals surface area contributed by atoms with Crippen molar-refractivity contribution in [3.63, 3.8) is 0 Å². The van der Waals surface area contributed by atoms with E-state index in [9.17, 15) is 4.79 Å². The summed E-state index contributed by atoms with van der Waals surface area (Å²) in [4.78, 5) is 14.9. The van der Waals surface area contributed by atoms with Crippen molar-refractivity contribution in [3.05, 3.63) is 35.5 Å². The van der Waals surface area contributed by atoms with Crippen molar-refractivity contribution in [3.8, 4) is 0 Å². The van der Waals surface area contributed by atoms with E-state index in [4.69, 9.17) is 0 Å². The summed E-state index contributed by atoms with van der Waals surface area (Å²) in [7, 11) is 0. The highest BCUT2D eigenvalue weighted by atomic mass is 16.2. The van der Waals surface area contributed by atoms with Gasteiger partial charge in [0.05, 0.1) is 0 Å². The highest BCUT2D eigenvalue weighted by Gasteiger charge is 2.24. The molecule has 1 aliphatic heterocycles. The van der Waals surface area contributed by atoms with E-state index >= 15 is 0 Å². The van der Waals surface area contributed by atoms with Crippen LogP contribution in [0.5, 0.6) is 0 Å². The summed E-state index contributed by atoms with van der Waals surface area (Å²) in [5.41, 5.74) is 3.18. The summed E-state index contributed by atoms with van der Waals surface area (Å²) in [6.45, 7) is 6.83. The van der Waals surface area contributed by atoms with E-state index in [1.54, 1.807) is 0 Å². The number of hydrogen-bond acceptors (Lipinski definition) is 1. The lowest BCUT2D eigenvalue weighted by molar-refractivity contribution is 0.0713.